The van der Waals surface area contributed by atoms with Crippen LogP contribution in [-0.4, -0.2) is 36.5 Å². The Morgan fingerprint density at radius 1 is 0.964 bits per heavy atom. The molecule has 148 valence electrons. The first-order chi connectivity index (χ1) is 13.5. The number of carbonyl (C=O) groups excluding carboxylic acids is 2. The number of nitrogens with zero attached hydrogens (tertiary/aromatic N) is 1. The topological polar surface area (TPSA) is 55.8 Å². The summed E-state index contributed by atoms with van der Waals surface area (Å²) in [7, 11) is 0. The summed E-state index contributed by atoms with van der Waals surface area (Å²) in [6.07, 6.45) is 1.13. The molecule has 0 aliphatic carbocycles. The number of esters is 1. The predicted octanol–water partition coefficient (Wildman–Crippen LogP) is 3.93. The van der Waals surface area contributed by atoms with Gasteiger partial charge in [-0.3, -0.25) is 4.79 Å². The molecule has 0 N–H and O–H groups in total. The predicted molar refractivity (Wildman–Crippen MR) is 107 cm³/mol. The van der Waals surface area contributed by atoms with Crippen molar-refractivity contribution in [2.45, 2.75) is 26.9 Å². The fourth-order valence-electron chi connectivity index (χ4n) is 3.60. The number of benzene rings is 2. The molecule has 3 rings (SSSR count). The molecule has 1 aliphatic heterocycles. The van der Waals surface area contributed by atoms with E-state index in [-0.39, 0.29) is 12.5 Å². The molecule has 0 saturated carbocycles. The summed E-state index contributed by atoms with van der Waals surface area (Å²) in [5, 5.41) is 0. The molecule has 1 fully saturated rings. The van der Waals surface area contributed by atoms with Gasteiger partial charge in [-0.25, -0.2) is 4.79 Å². The molecule has 2 aromatic rings. The molecule has 0 bridgehead atoms. The summed E-state index contributed by atoms with van der Waals surface area (Å²) in [5.41, 5.74) is 1.48. The smallest absolute Gasteiger partial charge is 0.338 e. The van der Waals surface area contributed by atoms with Crippen molar-refractivity contribution in [3.05, 3.63) is 65.7 Å². The summed E-state index contributed by atoms with van der Waals surface area (Å²) < 4.78 is 10.9. The Balaban J connectivity index is 1.47. The Morgan fingerprint density at radius 3 is 2.25 bits per heavy atom. The number of likely N-dealkylation sites (tertiary alicyclic amines) is 1. The largest absolute Gasteiger partial charge is 0.489 e. The third-order valence-corrected chi connectivity index (χ3v) is 4.89. The second-order valence-corrected chi connectivity index (χ2v) is 7.62. The summed E-state index contributed by atoms with van der Waals surface area (Å²) >= 11 is 0. The lowest BCUT2D eigenvalue weighted by Crippen LogP contribution is -2.44. The van der Waals surface area contributed by atoms with Gasteiger partial charge in [-0.05, 0) is 48.1 Å². The van der Waals surface area contributed by atoms with Gasteiger partial charge in [0.1, 0.15) is 12.4 Å². The molecule has 2 aromatic carbocycles. The lowest BCUT2D eigenvalue weighted by Gasteiger charge is -2.34. The molecular weight excluding hydrogens is 354 g/mol. The minimum atomic E-state index is -0.499. The zero-order valence-electron chi connectivity index (χ0n) is 16.5. The molecular formula is C23H27NO4. The van der Waals surface area contributed by atoms with Crippen molar-refractivity contribution in [2.75, 3.05) is 19.7 Å². The van der Waals surface area contributed by atoms with E-state index in [9.17, 15) is 9.59 Å². The minimum absolute atomic E-state index is 0.130. The maximum atomic E-state index is 12.3. The van der Waals surface area contributed by atoms with Crippen LogP contribution in [0, 0.1) is 11.8 Å². The zero-order chi connectivity index (χ0) is 19.9. The summed E-state index contributed by atoms with van der Waals surface area (Å²) in [6, 6.07) is 16.6. The van der Waals surface area contributed by atoms with Crippen molar-refractivity contribution in [1.82, 2.24) is 4.90 Å². The van der Waals surface area contributed by atoms with Crippen molar-refractivity contribution in [1.29, 1.82) is 0 Å². The Hall–Kier alpha value is -2.82. The highest BCUT2D eigenvalue weighted by atomic mass is 16.5. The van der Waals surface area contributed by atoms with Crippen molar-refractivity contribution in [3.63, 3.8) is 0 Å². The molecule has 0 spiro atoms. The average molecular weight is 381 g/mol. The summed E-state index contributed by atoms with van der Waals surface area (Å²) in [6.45, 7) is 5.99. The SMILES string of the molecule is C[C@@H]1C[C@H](C)CN(C(=O)COC(=O)c2ccc(OCc3ccccc3)cc2)C1. The molecule has 0 radical (unpaired) electrons. The van der Waals surface area contributed by atoms with E-state index in [0.717, 1.165) is 25.1 Å². The highest BCUT2D eigenvalue weighted by molar-refractivity contribution is 5.91. The number of hydrogen-bond acceptors (Lipinski definition) is 4. The molecule has 0 aromatic heterocycles. The van der Waals surface area contributed by atoms with Crippen LogP contribution in [0.2, 0.25) is 0 Å². The fourth-order valence-corrected chi connectivity index (χ4v) is 3.60. The van der Waals surface area contributed by atoms with Gasteiger partial charge < -0.3 is 14.4 Å². The standard InChI is InChI=1S/C23H27NO4/c1-17-12-18(2)14-24(13-17)22(25)16-28-23(26)20-8-10-21(11-9-20)27-15-19-6-4-3-5-7-19/h3-11,17-18H,12-16H2,1-2H3/t17-,18+. The Bertz CT molecular complexity index is 778. The Kier molecular flexibility index (Phi) is 6.69. The Labute approximate surface area is 166 Å². The van der Waals surface area contributed by atoms with Crippen LogP contribution in [0.15, 0.2) is 54.6 Å². The lowest BCUT2D eigenvalue weighted by atomic mass is 9.92. The number of hydrogen-bond donors (Lipinski definition) is 0. The van der Waals surface area contributed by atoms with Crippen molar-refractivity contribution in [3.8, 4) is 5.75 Å². The molecule has 0 unspecified atom stereocenters. The van der Waals surface area contributed by atoms with E-state index in [0.29, 0.717) is 29.8 Å². The van der Waals surface area contributed by atoms with Gasteiger partial charge in [0.05, 0.1) is 5.56 Å². The van der Waals surface area contributed by atoms with Crippen LogP contribution in [-0.2, 0) is 16.1 Å². The van der Waals surface area contributed by atoms with Crippen LogP contribution in [0.5, 0.6) is 5.75 Å². The number of rotatable bonds is 6. The van der Waals surface area contributed by atoms with E-state index in [1.54, 1.807) is 29.2 Å². The van der Waals surface area contributed by atoms with Crippen LogP contribution in [0.4, 0.5) is 0 Å². The van der Waals surface area contributed by atoms with Gasteiger partial charge in [-0.1, -0.05) is 44.2 Å². The molecule has 1 heterocycles. The normalized spacial score (nSPS) is 19.1. The van der Waals surface area contributed by atoms with Crippen LogP contribution < -0.4 is 4.74 Å². The van der Waals surface area contributed by atoms with Gasteiger partial charge in [0.2, 0.25) is 0 Å². The van der Waals surface area contributed by atoms with Crippen molar-refractivity contribution in [2.24, 2.45) is 11.8 Å². The van der Waals surface area contributed by atoms with Crippen LogP contribution in [0.3, 0.4) is 0 Å². The second-order valence-electron chi connectivity index (χ2n) is 7.62. The van der Waals surface area contributed by atoms with Gasteiger partial charge >= 0.3 is 5.97 Å². The Morgan fingerprint density at radius 2 is 1.61 bits per heavy atom. The van der Waals surface area contributed by atoms with Gasteiger partial charge in [-0.15, -0.1) is 0 Å². The van der Waals surface area contributed by atoms with E-state index in [2.05, 4.69) is 13.8 Å². The van der Waals surface area contributed by atoms with E-state index in [1.165, 1.54) is 0 Å². The number of amides is 1. The number of piperidine rings is 1. The van der Waals surface area contributed by atoms with Gasteiger partial charge in [-0.2, -0.15) is 0 Å². The maximum absolute atomic E-state index is 12.3. The average Bonchev–Trinajstić information content (AvgIpc) is 2.70. The highest BCUT2D eigenvalue weighted by Crippen LogP contribution is 2.21. The van der Waals surface area contributed by atoms with E-state index in [1.807, 2.05) is 30.3 Å². The quantitative estimate of drug-likeness (QED) is 0.712. The van der Waals surface area contributed by atoms with Crippen LogP contribution in [0.25, 0.3) is 0 Å². The molecule has 2 atom stereocenters. The first-order valence-corrected chi connectivity index (χ1v) is 9.73. The van der Waals surface area contributed by atoms with Gasteiger partial charge in [0.25, 0.3) is 5.91 Å². The van der Waals surface area contributed by atoms with Crippen LogP contribution >= 0.6 is 0 Å². The van der Waals surface area contributed by atoms with Crippen LogP contribution in [0.1, 0.15) is 36.2 Å². The number of carbonyl (C=O) groups is 2. The van der Waals surface area contributed by atoms with Gasteiger partial charge in [0.15, 0.2) is 6.61 Å². The maximum Gasteiger partial charge on any atom is 0.338 e. The molecule has 5 nitrogen and oxygen atoms in total. The van der Waals surface area contributed by atoms with E-state index in [4.69, 9.17) is 9.47 Å². The first kappa shape index (κ1) is 19.9. The van der Waals surface area contributed by atoms with E-state index < -0.39 is 5.97 Å². The minimum Gasteiger partial charge on any atom is -0.489 e. The second kappa shape index (κ2) is 9.40. The number of ether oxygens (including phenoxy) is 2. The molecule has 28 heavy (non-hydrogen) atoms. The third-order valence-electron chi connectivity index (χ3n) is 4.89. The van der Waals surface area contributed by atoms with Crippen molar-refractivity contribution < 1.29 is 19.1 Å². The monoisotopic (exact) mass is 381 g/mol. The highest BCUT2D eigenvalue weighted by Gasteiger charge is 2.26. The zero-order valence-corrected chi connectivity index (χ0v) is 16.5. The third kappa shape index (κ3) is 5.59. The molecule has 5 heteroatoms. The summed E-state index contributed by atoms with van der Waals surface area (Å²) in [5.74, 6) is 1.00. The lowest BCUT2D eigenvalue weighted by molar-refractivity contribution is -0.137. The molecule has 1 saturated heterocycles. The first-order valence-electron chi connectivity index (χ1n) is 9.73. The fraction of sp³-hybridized carbons (Fsp3) is 0.391. The molecule has 1 aliphatic rings. The molecule has 1 amide bonds. The summed E-state index contributed by atoms with van der Waals surface area (Å²) in [4.78, 5) is 26.3. The van der Waals surface area contributed by atoms with E-state index >= 15 is 0 Å². The van der Waals surface area contributed by atoms with Crippen molar-refractivity contribution >= 4 is 11.9 Å². The van der Waals surface area contributed by atoms with Gasteiger partial charge in [0, 0.05) is 13.1 Å².